The van der Waals surface area contributed by atoms with Crippen molar-refractivity contribution in [3.8, 4) is 0 Å². The van der Waals surface area contributed by atoms with E-state index in [4.69, 9.17) is 4.74 Å². The molecule has 5 heteroatoms. The molecule has 1 aromatic carbocycles. The van der Waals surface area contributed by atoms with E-state index in [1.54, 1.807) is 30.3 Å². The number of hydrogen-bond donors (Lipinski definition) is 1. The van der Waals surface area contributed by atoms with Crippen LogP contribution in [0.25, 0.3) is 0 Å². The van der Waals surface area contributed by atoms with Gasteiger partial charge in [-0.3, -0.25) is 0 Å². The van der Waals surface area contributed by atoms with Gasteiger partial charge in [0, 0.05) is 12.8 Å². The highest BCUT2D eigenvalue weighted by Crippen LogP contribution is 2.36. The number of ether oxygens (including phenoxy) is 1. The van der Waals surface area contributed by atoms with Gasteiger partial charge < -0.3 is 9.84 Å². The fourth-order valence-electron chi connectivity index (χ4n) is 2.01. The Morgan fingerprint density at radius 1 is 1.39 bits per heavy atom. The molecule has 18 heavy (non-hydrogen) atoms. The highest BCUT2D eigenvalue weighted by Gasteiger charge is 2.41. The molecule has 0 bridgehead atoms. The molecular formula is C13H14F2O3. The lowest BCUT2D eigenvalue weighted by Gasteiger charge is -2.15. The molecule has 0 amide bonds. The number of esters is 1. The second-order valence-electron chi connectivity index (χ2n) is 4.47. The van der Waals surface area contributed by atoms with Crippen LogP contribution in [0.1, 0.15) is 30.9 Å². The molecule has 0 aliphatic heterocycles. The monoisotopic (exact) mass is 256 g/mol. The van der Waals surface area contributed by atoms with Crippen LogP contribution in [0.15, 0.2) is 30.3 Å². The van der Waals surface area contributed by atoms with Crippen molar-refractivity contribution in [3.63, 3.8) is 0 Å². The number of hydrogen-bond acceptors (Lipinski definition) is 3. The number of carbonyl (C=O) groups excluding carboxylic acids is 1. The van der Waals surface area contributed by atoms with Crippen molar-refractivity contribution in [1.82, 2.24) is 0 Å². The Kier molecular flexibility index (Phi) is 3.61. The molecular weight excluding hydrogens is 242 g/mol. The number of aliphatic hydroxyl groups is 1. The summed E-state index contributed by atoms with van der Waals surface area (Å²) in [6.07, 6.45) is -2.81. The smallest absolute Gasteiger partial charge is 0.339 e. The van der Waals surface area contributed by atoms with Crippen LogP contribution in [0.5, 0.6) is 0 Å². The van der Waals surface area contributed by atoms with Gasteiger partial charge in [0.1, 0.15) is 6.10 Å². The summed E-state index contributed by atoms with van der Waals surface area (Å²) in [6, 6.07) is 8.26. The van der Waals surface area contributed by atoms with E-state index in [9.17, 15) is 18.7 Å². The second-order valence-corrected chi connectivity index (χ2v) is 4.47. The fourth-order valence-corrected chi connectivity index (χ4v) is 2.01. The van der Waals surface area contributed by atoms with E-state index in [1.807, 2.05) is 0 Å². The SMILES string of the molecule is O=C(OC1CCC(F)(F)C1)[C@H](O)c1ccccc1. The maximum atomic E-state index is 12.9. The van der Waals surface area contributed by atoms with Crippen LogP contribution in [-0.4, -0.2) is 23.1 Å². The predicted molar refractivity (Wildman–Crippen MR) is 60.1 cm³/mol. The van der Waals surface area contributed by atoms with Gasteiger partial charge in [-0.2, -0.15) is 0 Å². The summed E-state index contributed by atoms with van der Waals surface area (Å²) in [4.78, 5) is 11.6. The van der Waals surface area contributed by atoms with Gasteiger partial charge in [-0.05, 0) is 12.0 Å². The van der Waals surface area contributed by atoms with Crippen LogP contribution in [-0.2, 0) is 9.53 Å². The van der Waals surface area contributed by atoms with Gasteiger partial charge in [0.25, 0.3) is 5.92 Å². The van der Waals surface area contributed by atoms with Crippen molar-refractivity contribution in [2.24, 2.45) is 0 Å². The van der Waals surface area contributed by atoms with E-state index in [-0.39, 0.29) is 12.8 Å². The Morgan fingerprint density at radius 2 is 2.06 bits per heavy atom. The molecule has 0 heterocycles. The van der Waals surface area contributed by atoms with Crippen molar-refractivity contribution in [2.75, 3.05) is 0 Å². The third-order valence-corrected chi connectivity index (χ3v) is 2.98. The topological polar surface area (TPSA) is 46.5 Å². The van der Waals surface area contributed by atoms with Gasteiger partial charge in [0.2, 0.25) is 0 Å². The zero-order chi connectivity index (χ0) is 13.2. The number of rotatable bonds is 3. The third kappa shape index (κ3) is 3.04. The van der Waals surface area contributed by atoms with Gasteiger partial charge in [-0.25, -0.2) is 13.6 Å². The Morgan fingerprint density at radius 3 is 2.61 bits per heavy atom. The number of benzene rings is 1. The Hall–Kier alpha value is -1.49. The van der Waals surface area contributed by atoms with Crippen LogP contribution in [0, 0.1) is 0 Å². The lowest BCUT2D eigenvalue weighted by molar-refractivity contribution is -0.160. The molecule has 1 aliphatic rings. The molecule has 1 unspecified atom stereocenters. The normalized spacial score (nSPS) is 23.6. The van der Waals surface area contributed by atoms with Crippen LogP contribution in [0.2, 0.25) is 0 Å². The number of aliphatic hydroxyl groups excluding tert-OH is 1. The van der Waals surface area contributed by atoms with Crippen molar-refractivity contribution in [3.05, 3.63) is 35.9 Å². The minimum absolute atomic E-state index is 0.139. The van der Waals surface area contributed by atoms with Gasteiger partial charge in [0.05, 0.1) is 0 Å². The summed E-state index contributed by atoms with van der Waals surface area (Å²) in [5, 5.41) is 9.72. The molecule has 1 N–H and O–H groups in total. The molecule has 0 saturated heterocycles. The summed E-state index contributed by atoms with van der Waals surface area (Å²) < 4.78 is 30.7. The quantitative estimate of drug-likeness (QED) is 0.845. The largest absolute Gasteiger partial charge is 0.460 e. The first-order valence-electron chi connectivity index (χ1n) is 5.79. The molecule has 1 saturated carbocycles. The van der Waals surface area contributed by atoms with Crippen molar-refractivity contribution >= 4 is 5.97 Å². The Bertz CT molecular complexity index is 420. The molecule has 98 valence electrons. The highest BCUT2D eigenvalue weighted by molar-refractivity contribution is 5.76. The number of alkyl halides is 2. The van der Waals surface area contributed by atoms with Gasteiger partial charge in [-0.15, -0.1) is 0 Å². The van der Waals surface area contributed by atoms with E-state index >= 15 is 0 Å². The van der Waals surface area contributed by atoms with E-state index in [1.165, 1.54) is 0 Å². The summed E-state index contributed by atoms with van der Waals surface area (Å²) >= 11 is 0. The maximum absolute atomic E-state index is 12.9. The molecule has 1 fully saturated rings. The van der Waals surface area contributed by atoms with E-state index < -0.39 is 30.5 Å². The summed E-state index contributed by atoms with van der Waals surface area (Å²) in [7, 11) is 0. The first kappa shape index (κ1) is 13.0. The van der Waals surface area contributed by atoms with Crippen LogP contribution in [0.3, 0.4) is 0 Å². The van der Waals surface area contributed by atoms with Gasteiger partial charge >= 0.3 is 5.97 Å². The van der Waals surface area contributed by atoms with Crippen molar-refractivity contribution in [2.45, 2.75) is 37.4 Å². The average molecular weight is 256 g/mol. The zero-order valence-electron chi connectivity index (χ0n) is 9.68. The second kappa shape index (κ2) is 5.02. The minimum atomic E-state index is -2.76. The molecule has 0 spiro atoms. The van der Waals surface area contributed by atoms with Crippen LogP contribution >= 0.6 is 0 Å². The zero-order valence-corrected chi connectivity index (χ0v) is 9.68. The third-order valence-electron chi connectivity index (χ3n) is 2.98. The molecule has 2 rings (SSSR count). The number of carbonyl (C=O) groups is 1. The van der Waals surface area contributed by atoms with Gasteiger partial charge in [-0.1, -0.05) is 30.3 Å². The molecule has 3 nitrogen and oxygen atoms in total. The van der Waals surface area contributed by atoms with Crippen molar-refractivity contribution in [1.29, 1.82) is 0 Å². The standard InChI is InChI=1S/C13H14F2O3/c14-13(15)7-6-10(8-13)18-12(17)11(16)9-4-2-1-3-5-9/h1-5,10-11,16H,6-8H2/t10?,11-/m1/s1. The predicted octanol–water partition coefficient (Wildman–Crippen LogP) is 2.45. The lowest BCUT2D eigenvalue weighted by Crippen LogP contribution is -2.22. The summed E-state index contributed by atoms with van der Waals surface area (Å²) in [5.41, 5.74) is 0.396. The highest BCUT2D eigenvalue weighted by atomic mass is 19.3. The van der Waals surface area contributed by atoms with E-state index in [0.29, 0.717) is 5.56 Å². The van der Waals surface area contributed by atoms with Crippen molar-refractivity contribution < 1.29 is 23.4 Å². The maximum Gasteiger partial charge on any atom is 0.339 e. The lowest BCUT2D eigenvalue weighted by atomic mass is 10.1. The van der Waals surface area contributed by atoms with E-state index in [0.717, 1.165) is 0 Å². The first-order chi connectivity index (χ1) is 8.48. The fraction of sp³-hybridized carbons (Fsp3) is 0.462. The van der Waals surface area contributed by atoms with Crippen LogP contribution in [0.4, 0.5) is 8.78 Å². The molecule has 0 radical (unpaired) electrons. The summed E-state index contributed by atoms with van der Waals surface area (Å²) in [5.74, 6) is -3.63. The molecule has 1 aromatic rings. The summed E-state index contributed by atoms with van der Waals surface area (Å²) in [6.45, 7) is 0. The van der Waals surface area contributed by atoms with E-state index in [2.05, 4.69) is 0 Å². The van der Waals surface area contributed by atoms with Gasteiger partial charge in [0.15, 0.2) is 6.10 Å². The molecule has 0 aromatic heterocycles. The van der Waals surface area contributed by atoms with Crippen LogP contribution < -0.4 is 0 Å². The Labute approximate surface area is 103 Å². The average Bonchev–Trinajstić information content (AvgIpc) is 2.68. The molecule has 2 atom stereocenters. The number of halogens is 2. The Balaban J connectivity index is 1.93. The first-order valence-corrected chi connectivity index (χ1v) is 5.79. The minimum Gasteiger partial charge on any atom is -0.460 e. The molecule has 1 aliphatic carbocycles.